The van der Waals surface area contributed by atoms with Crippen molar-refractivity contribution in [2.24, 2.45) is 5.14 Å². The quantitative estimate of drug-likeness (QED) is 0.414. The second kappa shape index (κ2) is 10.9. The molecule has 4 N–H and O–H groups in total. The Kier molecular flexibility index (Phi) is 7.70. The van der Waals surface area contributed by atoms with Gasteiger partial charge >= 0.3 is 0 Å². The summed E-state index contributed by atoms with van der Waals surface area (Å²) in [4.78, 5) is 14.6. The first-order valence-electron chi connectivity index (χ1n) is 11.5. The number of quaternary nitrogens is 1. The summed E-state index contributed by atoms with van der Waals surface area (Å²) >= 11 is 0. The van der Waals surface area contributed by atoms with Gasteiger partial charge in [-0.3, -0.25) is 4.79 Å². The van der Waals surface area contributed by atoms with E-state index in [1.165, 1.54) is 17.7 Å². The number of rotatable bonds is 10. The SMILES string of the molecule is COc1cc(C[NH2+]CCc2ccc(S(N)(=O)=O)cc2)ccc1OCC(=O)N1CCc2ccccc21. The summed E-state index contributed by atoms with van der Waals surface area (Å²) in [6, 6.07) is 20.3. The van der Waals surface area contributed by atoms with Crippen LogP contribution in [0.15, 0.2) is 71.6 Å². The van der Waals surface area contributed by atoms with E-state index in [2.05, 4.69) is 5.32 Å². The lowest BCUT2D eigenvalue weighted by atomic mass is 10.1. The lowest BCUT2D eigenvalue weighted by Gasteiger charge is -2.18. The number of fused-ring (bicyclic) bond motifs is 1. The molecule has 4 rings (SSSR count). The predicted molar refractivity (Wildman–Crippen MR) is 133 cm³/mol. The van der Waals surface area contributed by atoms with Gasteiger partial charge in [0.2, 0.25) is 10.0 Å². The standard InChI is InChI=1S/C26H29N3O5S/c1-33-25-16-20(17-28-14-12-19-6-9-22(10-7-19)35(27,31)32)8-11-24(25)34-18-26(30)29-15-13-21-4-2-3-5-23(21)29/h2-11,16,28H,12-15,17-18H2,1H3,(H2,27,31,32)/p+1. The zero-order valence-corrected chi connectivity index (χ0v) is 20.5. The molecule has 0 aliphatic carbocycles. The molecule has 0 bridgehead atoms. The van der Waals surface area contributed by atoms with Crippen molar-refractivity contribution >= 4 is 21.6 Å². The summed E-state index contributed by atoms with van der Waals surface area (Å²) in [5.41, 5.74) is 4.25. The van der Waals surface area contributed by atoms with Crippen molar-refractivity contribution in [2.75, 3.05) is 31.7 Å². The van der Waals surface area contributed by atoms with Gasteiger partial charge in [0.05, 0.1) is 18.6 Å². The summed E-state index contributed by atoms with van der Waals surface area (Å²) < 4.78 is 34.0. The first kappa shape index (κ1) is 24.7. The van der Waals surface area contributed by atoms with Gasteiger partial charge in [-0.1, -0.05) is 30.3 Å². The molecule has 0 atom stereocenters. The molecule has 1 aliphatic heterocycles. The lowest BCUT2D eigenvalue weighted by molar-refractivity contribution is -0.670. The van der Waals surface area contributed by atoms with Crippen LogP contribution in [0.25, 0.3) is 0 Å². The number of carbonyl (C=O) groups excluding carboxylic acids is 1. The highest BCUT2D eigenvalue weighted by Gasteiger charge is 2.24. The maximum Gasteiger partial charge on any atom is 0.264 e. The second-order valence-corrected chi connectivity index (χ2v) is 9.98. The minimum Gasteiger partial charge on any atom is -0.493 e. The van der Waals surface area contributed by atoms with Crippen molar-refractivity contribution in [1.82, 2.24) is 0 Å². The number of carbonyl (C=O) groups is 1. The molecular formula is C26H30N3O5S+. The number of ether oxygens (including phenoxy) is 2. The van der Waals surface area contributed by atoms with E-state index in [1.807, 2.05) is 42.5 Å². The highest BCUT2D eigenvalue weighted by Crippen LogP contribution is 2.30. The van der Waals surface area contributed by atoms with Crippen LogP contribution in [0.4, 0.5) is 5.69 Å². The first-order valence-corrected chi connectivity index (χ1v) is 13.0. The minimum atomic E-state index is -3.67. The van der Waals surface area contributed by atoms with Gasteiger partial charge in [-0.05, 0) is 53.9 Å². The van der Waals surface area contributed by atoms with E-state index >= 15 is 0 Å². The van der Waals surface area contributed by atoms with Crippen molar-refractivity contribution in [3.8, 4) is 11.5 Å². The third-order valence-corrected chi connectivity index (χ3v) is 6.97. The zero-order valence-electron chi connectivity index (χ0n) is 19.6. The molecule has 0 unspecified atom stereocenters. The molecule has 1 amide bonds. The molecule has 3 aromatic carbocycles. The molecule has 0 aromatic heterocycles. The smallest absolute Gasteiger partial charge is 0.264 e. The van der Waals surface area contributed by atoms with E-state index in [0.29, 0.717) is 18.0 Å². The Bertz CT molecular complexity index is 1290. The van der Waals surface area contributed by atoms with Gasteiger partial charge < -0.3 is 19.7 Å². The van der Waals surface area contributed by atoms with Gasteiger partial charge in [-0.25, -0.2) is 13.6 Å². The van der Waals surface area contributed by atoms with Crippen LogP contribution in [0.5, 0.6) is 11.5 Å². The Morgan fingerprint density at radius 3 is 2.51 bits per heavy atom. The number of amides is 1. The van der Waals surface area contributed by atoms with Crippen LogP contribution < -0.4 is 24.8 Å². The molecule has 8 nitrogen and oxygen atoms in total. The monoisotopic (exact) mass is 496 g/mol. The Morgan fingerprint density at radius 1 is 1.03 bits per heavy atom. The van der Waals surface area contributed by atoms with Crippen molar-refractivity contribution in [3.05, 3.63) is 83.4 Å². The Labute approximate surface area is 205 Å². The van der Waals surface area contributed by atoms with Gasteiger partial charge in [0.1, 0.15) is 6.54 Å². The molecule has 0 saturated carbocycles. The molecule has 1 aliphatic rings. The van der Waals surface area contributed by atoms with Crippen LogP contribution in [-0.4, -0.2) is 41.1 Å². The third kappa shape index (κ3) is 6.19. The van der Waals surface area contributed by atoms with E-state index in [4.69, 9.17) is 14.6 Å². The topological polar surface area (TPSA) is 116 Å². The van der Waals surface area contributed by atoms with E-state index < -0.39 is 10.0 Å². The molecule has 9 heteroatoms. The predicted octanol–water partition coefficient (Wildman–Crippen LogP) is 1.62. The van der Waals surface area contributed by atoms with Crippen molar-refractivity contribution < 1.29 is 28.0 Å². The molecule has 184 valence electrons. The Balaban J connectivity index is 1.27. The number of nitrogens with zero attached hydrogens (tertiary/aromatic N) is 1. The van der Waals surface area contributed by atoms with Crippen molar-refractivity contribution in [1.29, 1.82) is 0 Å². The number of para-hydroxylation sites is 1. The van der Waals surface area contributed by atoms with E-state index in [-0.39, 0.29) is 17.4 Å². The number of primary sulfonamides is 1. The summed E-state index contributed by atoms with van der Waals surface area (Å²) in [5.74, 6) is 1.04. The average Bonchev–Trinajstić information content (AvgIpc) is 3.29. The molecule has 3 aromatic rings. The number of nitrogens with two attached hydrogens (primary N) is 2. The fourth-order valence-corrected chi connectivity index (χ4v) is 4.67. The summed E-state index contributed by atoms with van der Waals surface area (Å²) in [6.07, 6.45) is 1.66. The van der Waals surface area contributed by atoms with Crippen LogP contribution >= 0.6 is 0 Å². The Hall–Kier alpha value is -3.40. The van der Waals surface area contributed by atoms with E-state index in [1.54, 1.807) is 24.1 Å². The number of anilines is 1. The van der Waals surface area contributed by atoms with E-state index in [9.17, 15) is 13.2 Å². The number of sulfonamides is 1. The van der Waals surface area contributed by atoms with Crippen LogP contribution in [0.3, 0.4) is 0 Å². The molecule has 0 fully saturated rings. The summed E-state index contributed by atoms with van der Waals surface area (Å²) in [7, 11) is -2.08. The maximum atomic E-state index is 12.7. The summed E-state index contributed by atoms with van der Waals surface area (Å²) in [6.45, 7) is 2.20. The molecular weight excluding hydrogens is 466 g/mol. The number of benzene rings is 3. The van der Waals surface area contributed by atoms with Crippen LogP contribution in [-0.2, 0) is 34.2 Å². The van der Waals surface area contributed by atoms with Gasteiger partial charge in [0.15, 0.2) is 18.1 Å². The Morgan fingerprint density at radius 2 is 1.77 bits per heavy atom. The van der Waals surface area contributed by atoms with Gasteiger partial charge in [-0.2, -0.15) is 0 Å². The molecule has 35 heavy (non-hydrogen) atoms. The zero-order chi connectivity index (χ0) is 24.8. The molecule has 0 saturated heterocycles. The fraction of sp³-hybridized carbons (Fsp3) is 0.269. The summed E-state index contributed by atoms with van der Waals surface area (Å²) in [5, 5.41) is 7.30. The van der Waals surface area contributed by atoms with Gasteiger partial charge in [0.25, 0.3) is 5.91 Å². The van der Waals surface area contributed by atoms with Gasteiger partial charge in [0, 0.05) is 24.2 Å². The average molecular weight is 497 g/mol. The van der Waals surface area contributed by atoms with Gasteiger partial charge in [-0.15, -0.1) is 0 Å². The highest BCUT2D eigenvalue weighted by atomic mass is 32.2. The van der Waals surface area contributed by atoms with Crippen molar-refractivity contribution in [2.45, 2.75) is 24.3 Å². The fourth-order valence-electron chi connectivity index (χ4n) is 4.16. The highest BCUT2D eigenvalue weighted by molar-refractivity contribution is 7.89. The molecule has 0 radical (unpaired) electrons. The van der Waals surface area contributed by atoms with Crippen LogP contribution in [0, 0.1) is 0 Å². The minimum absolute atomic E-state index is 0.0551. The number of hydrogen-bond acceptors (Lipinski definition) is 5. The third-order valence-electron chi connectivity index (χ3n) is 6.04. The number of hydrogen-bond donors (Lipinski definition) is 2. The number of methoxy groups -OCH3 is 1. The first-order chi connectivity index (χ1) is 16.8. The largest absolute Gasteiger partial charge is 0.493 e. The van der Waals surface area contributed by atoms with Crippen LogP contribution in [0.2, 0.25) is 0 Å². The normalized spacial score (nSPS) is 12.9. The van der Waals surface area contributed by atoms with E-state index in [0.717, 1.165) is 42.7 Å². The lowest BCUT2D eigenvalue weighted by Crippen LogP contribution is -2.83. The second-order valence-electron chi connectivity index (χ2n) is 8.42. The maximum absolute atomic E-state index is 12.7. The molecule has 0 spiro atoms. The van der Waals surface area contributed by atoms with Crippen molar-refractivity contribution in [3.63, 3.8) is 0 Å². The van der Waals surface area contributed by atoms with Crippen LogP contribution in [0.1, 0.15) is 16.7 Å². The molecule has 1 heterocycles.